The Morgan fingerprint density at radius 3 is 2.72 bits per heavy atom. The van der Waals surface area contributed by atoms with Gasteiger partial charge in [-0.3, -0.25) is 9.89 Å². The molecule has 0 unspecified atom stereocenters. The third kappa shape index (κ3) is 4.11. The number of aryl methyl sites for hydroxylation is 1. The first kappa shape index (κ1) is 19.1. The lowest BCUT2D eigenvalue weighted by molar-refractivity contribution is -0.131. The molecule has 0 fully saturated rings. The maximum atomic E-state index is 12.8. The van der Waals surface area contributed by atoms with Crippen molar-refractivity contribution in [1.29, 1.82) is 0 Å². The number of rotatable bonds is 5. The number of fused-ring (bicyclic) bond motifs is 1. The number of aromatic nitrogens is 2. The summed E-state index contributed by atoms with van der Waals surface area (Å²) < 4.78 is 5.07. The molecule has 0 radical (unpaired) electrons. The molecule has 29 heavy (non-hydrogen) atoms. The van der Waals surface area contributed by atoms with E-state index in [-0.39, 0.29) is 11.7 Å². The molecule has 0 bridgehead atoms. The Morgan fingerprint density at radius 1 is 1.17 bits per heavy atom. The number of carbonyl (C=O) groups is 1. The fourth-order valence-corrected chi connectivity index (χ4v) is 3.87. The first-order chi connectivity index (χ1) is 14.2. The van der Waals surface area contributed by atoms with Crippen molar-refractivity contribution < 1.29 is 14.6 Å². The van der Waals surface area contributed by atoms with E-state index in [0.29, 0.717) is 31.7 Å². The summed E-state index contributed by atoms with van der Waals surface area (Å²) in [4.78, 5) is 14.7. The zero-order valence-corrected chi connectivity index (χ0v) is 16.5. The van der Waals surface area contributed by atoms with Crippen LogP contribution in [0, 0.1) is 0 Å². The summed E-state index contributed by atoms with van der Waals surface area (Å²) in [6, 6.07) is 15.4. The van der Waals surface area contributed by atoms with Crippen LogP contribution in [-0.2, 0) is 24.1 Å². The summed E-state index contributed by atoms with van der Waals surface area (Å²) >= 11 is 0. The predicted molar refractivity (Wildman–Crippen MR) is 111 cm³/mol. The van der Waals surface area contributed by atoms with Crippen LogP contribution in [0.5, 0.6) is 11.5 Å². The molecule has 2 aromatic carbocycles. The first-order valence-electron chi connectivity index (χ1n) is 9.91. The molecule has 2 N–H and O–H groups in total. The Labute approximate surface area is 170 Å². The number of hydrogen-bond donors (Lipinski definition) is 2. The van der Waals surface area contributed by atoms with Crippen LogP contribution in [0.15, 0.2) is 48.5 Å². The van der Waals surface area contributed by atoms with Crippen molar-refractivity contribution in [3.05, 3.63) is 65.4 Å². The molecule has 4 rings (SSSR count). The topological polar surface area (TPSA) is 78.5 Å². The molecule has 150 valence electrons. The standard InChI is InChI=1S/C23H25N3O3/c1-29-21-9-7-16(15-20(21)27)8-10-22(28)26-13-11-18-19(12-14-26)24-25-23(18)17-5-3-2-4-6-17/h2-7,9,15,27H,8,10-14H2,1H3,(H,24,25). The number of aromatic amines is 1. The highest BCUT2D eigenvalue weighted by Gasteiger charge is 2.22. The number of methoxy groups -OCH3 is 1. The average Bonchev–Trinajstić information content (AvgIpc) is 3.04. The van der Waals surface area contributed by atoms with Gasteiger partial charge in [0.25, 0.3) is 0 Å². The van der Waals surface area contributed by atoms with Crippen LogP contribution in [0.4, 0.5) is 0 Å². The summed E-state index contributed by atoms with van der Waals surface area (Å²) in [6.07, 6.45) is 2.59. The molecule has 1 aliphatic heterocycles. The zero-order chi connectivity index (χ0) is 20.2. The van der Waals surface area contributed by atoms with Gasteiger partial charge in [0.1, 0.15) is 0 Å². The lowest BCUT2D eigenvalue weighted by atomic mass is 10.0. The normalized spacial score (nSPS) is 13.6. The van der Waals surface area contributed by atoms with Crippen molar-refractivity contribution >= 4 is 5.91 Å². The zero-order valence-electron chi connectivity index (χ0n) is 16.5. The van der Waals surface area contributed by atoms with Crippen molar-refractivity contribution in [3.8, 4) is 22.8 Å². The molecule has 6 nitrogen and oxygen atoms in total. The number of phenols is 1. The van der Waals surface area contributed by atoms with E-state index in [0.717, 1.165) is 35.4 Å². The first-order valence-corrected chi connectivity index (χ1v) is 9.91. The number of H-pyrrole nitrogens is 1. The minimum atomic E-state index is 0.103. The Kier molecular flexibility index (Phi) is 5.51. The molecule has 1 aromatic heterocycles. The molecule has 3 aromatic rings. The van der Waals surface area contributed by atoms with Gasteiger partial charge in [-0.05, 0) is 30.5 Å². The number of ether oxygens (including phenoxy) is 1. The van der Waals surface area contributed by atoms with Gasteiger partial charge in [-0.15, -0.1) is 0 Å². The number of aromatic hydroxyl groups is 1. The van der Waals surface area contributed by atoms with Gasteiger partial charge in [0, 0.05) is 42.8 Å². The number of nitrogens with one attached hydrogen (secondary N) is 1. The molecule has 0 saturated heterocycles. The molecular weight excluding hydrogens is 366 g/mol. The van der Waals surface area contributed by atoms with E-state index < -0.39 is 0 Å². The van der Waals surface area contributed by atoms with Crippen molar-refractivity contribution in [3.63, 3.8) is 0 Å². The highest BCUT2D eigenvalue weighted by molar-refractivity contribution is 5.77. The average molecular weight is 391 g/mol. The minimum Gasteiger partial charge on any atom is -0.504 e. The van der Waals surface area contributed by atoms with Crippen molar-refractivity contribution in [2.45, 2.75) is 25.7 Å². The van der Waals surface area contributed by atoms with Crippen LogP contribution in [0.3, 0.4) is 0 Å². The number of phenolic OH excluding ortho intramolecular Hbond substituents is 1. The minimum absolute atomic E-state index is 0.103. The second kappa shape index (κ2) is 8.39. The van der Waals surface area contributed by atoms with E-state index in [9.17, 15) is 9.90 Å². The van der Waals surface area contributed by atoms with Crippen molar-refractivity contribution in [1.82, 2.24) is 15.1 Å². The van der Waals surface area contributed by atoms with E-state index in [4.69, 9.17) is 4.74 Å². The Hall–Kier alpha value is -3.28. The summed E-state index contributed by atoms with van der Waals surface area (Å²) in [5.74, 6) is 0.683. The molecule has 0 aliphatic carbocycles. The molecule has 0 spiro atoms. The SMILES string of the molecule is COc1ccc(CCC(=O)N2CCc3[nH]nc(-c4ccccc4)c3CC2)cc1O. The number of hydrogen-bond acceptors (Lipinski definition) is 4. The molecule has 0 saturated carbocycles. The predicted octanol–water partition coefficient (Wildman–Crippen LogP) is 3.35. The smallest absolute Gasteiger partial charge is 0.222 e. The monoisotopic (exact) mass is 391 g/mol. The van der Waals surface area contributed by atoms with E-state index in [1.165, 1.54) is 12.7 Å². The Balaban J connectivity index is 1.39. The highest BCUT2D eigenvalue weighted by Crippen LogP contribution is 2.28. The van der Waals surface area contributed by atoms with E-state index in [1.54, 1.807) is 12.1 Å². The highest BCUT2D eigenvalue weighted by atomic mass is 16.5. The van der Waals surface area contributed by atoms with Gasteiger partial charge in [-0.1, -0.05) is 36.4 Å². The largest absolute Gasteiger partial charge is 0.504 e. The van der Waals surface area contributed by atoms with E-state index in [1.807, 2.05) is 29.2 Å². The van der Waals surface area contributed by atoms with Gasteiger partial charge < -0.3 is 14.7 Å². The second-order valence-corrected chi connectivity index (χ2v) is 7.28. The van der Waals surface area contributed by atoms with Gasteiger partial charge in [0.05, 0.1) is 12.8 Å². The van der Waals surface area contributed by atoms with Crippen LogP contribution in [-0.4, -0.2) is 46.3 Å². The van der Waals surface area contributed by atoms with Crippen LogP contribution in [0.25, 0.3) is 11.3 Å². The summed E-state index contributed by atoms with van der Waals surface area (Å²) in [7, 11) is 1.52. The van der Waals surface area contributed by atoms with Crippen LogP contribution in [0.2, 0.25) is 0 Å². The Morgan fingerprint density at radius 2 is 1.97 bits per heavy atom. The molecule has 2 heterocycles. The third-order valence-corrected chi connectivity index (χ3v) is 5.49. The van der Waals surface area contributed by atoms with E-state index in [2.05, 4.69) is 22.3 Å². The second-order valence-electron chi connectivity index (χ2n) is 7.28. The summed E-state index contributed by atoms with van der Waals surface area (Å²) in [5.41, 5.74) is 5.35. The quantitative estimate of drug-likeness (QED) is 0.699. The van der Waals surface area contributed by atoms with Crippen LogP contribution >= 0.6 is 0 Å². The number of carbonyl (C=O) groups excluding carboxylic acids is 1. The number of amides is 1. The Bertz CT molecular complexity index is 998. The van der Waals surface area contributed by atoms with Crippen molar-refractivity contribution in [2.24, 2.45) is 0 Å². The molecular formula is C23H25N3O3. The number of nitrogens with zero attached hydrogens (tertiary/aromatic N) is 2. The molecule has 0 atom stereocenters. The van der Waals surface area contributed by atoms with Crippen molar-refractivity contribution in [2.75, 3.05) is 20.2 Å². The van der Waals surface area contributed by atoms with E-state index >= 15 is 0 Å². The maximum absolute atomic E-state index is 12.8. The van der Waals surface area contributed by atoms with Gasteiger partial charge in [0.15, 0.2) is 11.5 Å². The molecule has 1 aliphatic rings. The summed E-state index contributed by atoms with van der Waals surface area (Å²) in [6.45, 7) is 1.38. The molecule has 1 amide bonds. The fraction of sp³-hybridized carbons (Fsp3) is 0.304. The van der Waals surface area contributed by atoms with Gasteiger partial charge in [-0.2, -0.15) is 5.10 Å². The molecule has 6 heteroatoms. The van der Waals surface area contributed by atoms with Crippen LogP contribution in [0.1, 0.15) is 23.2 Å². The lowest BCUT2D eigenvalue weighted by Crippen LogP contribution is -2.33. The lowest BCUT2D eigenvalue weighted by Gasteiger charge is -2.20. The third-order valence-electron chi connectivity index (χ3n) is 5.49. The maximum Gasteiger partial charge on any atom is 0.222 e. The fourth-order valence-electron chi connectivity index (χ4n) is 3.87. The summed E-state index contributed by atoms with van der Waals surface area (Å²) in [5, 5.41) is 17.6. The van der Waals surface area contributed by atoms with Gasteiger partial charge in [0.2, 0.25) is 5.91 Å². The number of benzene rings is 2. The van der Waals surface area contributed by atoms with Crippen LogP contribution < -0.4 is 4.74 Å². The van der Waals surface area contributed by atoms with Gasteiger partial charge >= 0.3 is 0 Å². The van der Waals surface area contributed by atoms with Gasteiger partial charge in [-0.25, -0.2) is 0 Å².